The van der Waals surface area contributed by atoms with E-state index in [1.54, 1.807) is 7.05 Å². The lowest BCUT2D eigenvalue weighted by molar-refractivity contribution is -0.116. The Hall–Kier alpha value is 1.40. The molecule has 0 heterocycles. The van der Waals surface area contributed by atoms with Gasteiger partial charge in [-0.25, -0.2) is 0 Å². The molecule has 0 bridgehead atoms. The van der Waals surface area contributed by atoms with E-state index in [1.807, 2.05) is 22.6 Å². The topological polar surface area (TPSA) is 29.1 Å². The molecule has 0 atom stereocenters. The summed E-state index contributed by atoms with van der Waals surface area (Å²) in [6.07, 6.45) is 0. The molecule has 0 aliphatic heterocycles. The molecule has 1 N–H and O–H groups in total. The van der Waals surface area contributed by atoms with E-state index in [1.165, 1.54) is 0 Å². The van der Waals surface area contributed by atoms with Crippen LogP contribution >= 0.6 is 67.8 Å². The normalized spacial score (nSPS) is 8.44. The molecule has 2 nitrogen and oxygen atoms in total. The number of halogens is 3. The zero-order valence-electron chi connectivity index (χ0n) is 4.54. The molecule has 0 fully saturated rings. The summed E-state index contributed by atoms with van der Waals surface area (Å²) in [5.41, 5.74) is 0. The summed E-state index contributed by atoms with van der Waals surface area (Å²) in [6, 6.07) is 0. The molecule has 5 heteroatoms. The van der Waals surface area contributed by atoms with E-state index in [9.17, 15) is 4.79 Å². The van der Waals surface area contributed by atoms with Gasteiger partial charge in [0.05, 0.1) is 5.17 Å². The first-order valence-corrected chi connectivity index (χ1v) is 5.26. The van der Waals surface area contributed by atoms with Gasteiger partial charge >= 0.3 is 0 Å². The second-order valence-electron chi connectivity index (χ2n) is 1.15. The molecule has 0 aliphatic carbocycles. The Balaban J connectivity index is 4.21. The third-order valence-electron chi connectivity index (χ3n) is 0.592. The number of likely N-dealkylation sites (N-methyl/N-ethyl adjacent to an activating group) is 1. The first-order valence-electron chi connectivity index (χ1n) is 2.02. The quantitative estimate of drug-likeness (QED) is 0.470. The Kier molecular flexibility index (Phi) is 5.90. The Labute approximate surface area is 94.6 Å². The molecule has 52 valence electrons. The third kappa shape index (κ3) is 3.96. The fourth-order valence-corrected chi connectivity index (χ4v) is 0.955. The molecular weight excluding hydrogens is 459 g/mol. The summed E-state index contributed by atoms with van der Waals surface area (Å²) in [5, 5.41) is 2.53. The van der Waals surface area contributed by atoms with Gasteiger partial charge in [0.1, 0.15) is 0 Å². The zero-order chi connectivity index (χ0) is 7.44. The molecule has 0 saturated heterocycles. The third-order valence-corrected chi connectivity index (χ3v) is 4.76. The van der Waals surface area contributed by atoms with Crippen LogP contribution in [0.3, 0.4) is 0 Å². The van der Waals surface area contributed by atoms with E-state index in [0.717, 1.165) is 5.17 Å². The van der Waals surface area contributed by atoms with Gasteiger partial charge in [0.15, 0.2) is 0 Å². The average Bonchev–Trinajstić information content (AvgIpc) is 1.84. The van der Waals surface area contributed by atoms with E-state index >= 15 is 0 Å². The molecule has 0 unspecified atom stereocenters. The van der Waals surface area contributed by atoms with E-state index in [0.29, 0.717) is 0 Å². The summed E-state index contributed by atoms with van der Waals surface area (Å²) in [5.74, 6) is -0.0191. The maximum Gasteiger partial charge on any atom is 0.258 e. The first kappa shape index (κ1) is 10.4. The molecule has 0 aromatic carbocycles. The van der Waals surface area contributed by atoms with Crippen molar-refractivity contribution in [3.63, 3.8) is 0 Å². The van der Waals surface area contributed by atoms with Crippen molar-refractivity contribution >= 4 is 73.7 Å². The monoisotopic (exact) mass is 463 g/mol. The number of carbonyl (C=O) groups excluding carboxylic acids is 1. The van der Waals surface area contributed by atoms with Crippen LogP contribution in [0.2, 0.25) is 0 Å². The number of hydrogen-bond donors (Lipinski definition) is 1. The van der Waals surface area contributed by atoms with Crippen LogP contribution in [0.25, 0.3) is 0 Å². The van der Waals surface area contributed by atoms with E-state index in [-0.39, 0.29) is 5.91 Å². The fourth-order valence-electron chi connectivity index (χ4n) is 0.196. The predicted octanol–water partition coefficient (Wildman–Crippen LogP) is 2.21. The SMILES string of the molecule is CNC(=O)C(I)=C(I)I. The standard InChI is InChI=1S/C4H4I3NO/c1-8-4(9)2(5)3(6)7/h1H3,(H,8,9). The van der Waals surface area contributed by atoms with Crippen molar-refractivity contribution in [1.29, 1.82) is 0 Å². The molecule has 0 aromatic heterocycles. The van der Waals surface area contributed by atoms with Crippen LogP contribution < -0.4 is 5.32 Å². The number of amides is 1. The van der Waals surface area contributed by atoms with Gasteiger partial charge in [0, 0.05) is 7.05 Å². The molecular formula is C4H4I3NO. The first-order chi connectivity index (χ1) is 4.09. The highest BCUT2D eigenvalue weighted by Gasteiger charge is 2.04. The van der Waals surface area contributed by atoms with Crippen molar-refractivity contribution in [2.24, 2.45) is 0 Å². The summed E-state index contributed by atoms with van der Waals surface area (Å²) in [4.78, 5) is 10.8. The largest absolute Gasteiger partial charge is 0.355 e. The van der Waals surface area contributed by atoms with Crippen molar-refractivity contribution in [2.45, 2.75) is 0 Å². The summed E-state index contributed by atoms with van der Waals surface area (Å²) in [7, 11) is 1.62. The van der Waals surface area contributed by atoms with Gasteiger partial charge in [-0.3, -0.25) is 4.79 Å². The summed E-state index contributed by atoms with van der Waals surface area (Å²) >= 11 is 6.22. The molecule has 0 aromatic rings. The van der Waals surface area contributed by atoms with E-state index in [2.05, 4.69) is 50.5 Å². The Morgan fingerprint density at radius 3 is 1.89 bits per heavy atom. The van der Waals surface area contributed by atoms with Crippen LogP contribution in [-0.2, 0) is 4.79 Å². The highest BCUT2D eigenvalue weighted by molar-refractivity contribution is 14.2. The predicted molar refractivity (Wildman–Crippen MR) is 63.2 cm³/mol. The van der Waals surface area contributed by atoms with Crippen LogP contribution in [0.1, 0.15) is 0 Å². The fraction of sp³-hybridized carbons (Fsp3) is 0.250. The molecule has 0 rings (SSSR count). The van der Waals surface area contributed by atoms with Crippen LogP contribution in [0.4, 0.5) is 0 Å². The maximum absolute atomic E-state index is 10.8. The Bertz CT molecular complexity index is 150. The van der Waals surface area contributed by atoms with Crippen LogP contribution in [0.15, 0.2) is 5.17 Å². The van der Waals surface area contributed by atoms with Gasteiger partial charge in [-0.2, -0.15) is 0 Å². The highest BCUT2D eigenvalue weighted by Crippen LogP contribution is 2.24. The minimum Gasteiger partial charge on any atom is -0.355 e. The van der Waals surface area contributed by atoms with Crippen molar-refractivity contribution in [2.75, 3.05) is 7.05 Å². The molecule has 1 amide bonds. The van der Waals surface area contributed by atoms with E-state index in [4.69, 9.17) is 0 Å². The maximum atomic E-state index is 10.8. The van der Waals surface area contributed by atoms with Crippen molar-refractivity contribution in [3.05, 3.63) is 5.17 Å². The van der Waals surface area contributed by atoms with E-state index < -0.39 is 0 Å². The number of hydrogen-bond acceptors (Lipinski definition) is 1. The highest BCUT2D eigenvalue weighted by atomic mass is 127. The minimum atomic E-state index is -0.0191. The van der Waals surface area contributed by atoms with Crippen molar-refractivity contribution < 1.29 is 4.79 Å². The lowest BCUT2D eigenvalue weighted by atomic mass is 10.6. The molecule has 0 saturated carbocycles. The summed E-state index contributed by atoms with van der Waals surface area (Å²) in [6.45, 7) is 0. The van der Waals surface area contributed by atoms with Gasteiger partial charge in [-0.1, -0.05) is 0 Å². The lowest BCUT2D eigenvalue weighted by Crippen LogP contribution is -2.17. The number of nitrogens with one attached hydrogen (secondary N) is 1. The average molecular weight is 463 g/mol. The van der Waals surface area contributed by atoms with Gasteiger partial charge in [-0.05, 0) is 67.8 Å². The van der Waals surface area contributed by atoms with Gasteiger partial charge in [0.2, 0.25) is 0 Å². The number of rotatable bonds is 1. The van der Waals surface area contributed by atoms with Gasteiger partial charge in [-0.15, -0.1) is 0 Å². The van der Waals surface area contributed by atoms with Crippen molar-refractivity contribution in [1.82, 2.24) is 5.32 Å². The summed E-state index contributed by atoms with van der Waals surface area (Å²) < 4.78 is 1.74. The van der Waals surface area contributed by atoms with Gasteiger partial charge < -0.3 is 5.32 Å². The molecule has 9 heavy (non-hydrogen) atoms. The Morgan fingerprint density at radius 1 is 1.33 bits per heavy atom. The Morgan fingerprint density at radius 2 is 1.78 bits per heavy atom. The van der Waals surface area contributed by atoms with Gasteiger partial charge in [0.25, 0.3) is 5.91 Å². The second kappa shape index (κ2) is 5.10. The molecule has 0 aliphatic rings. The van der Waals surface area contributed by atoms with Crippen LogP contribution in [0.5, 0.6) is 0 Å². The lowest BCUT2D eigenvalue weighted by Gasteiger charge is -1.95. The molecule has 0 spiro atoms. The number of carbonyl (C=O) groups is 1. The minimum absolute atomic E-state index is 0.0191. The molecule has 0 radical (unpaired) electrons. The van der Waals surface area contributed by atoms with Crippen LogP contribution in [-0.4, -0.2) is 13.0 Å². The van der Waals surface area contributed by atoms with Crippen molar-refractivity contribution in [3.8, 4) is 0 Å². The zero-order valence-corrected chi connectivity index (χ0v) is 11.0. The second-order valence-corrected chi connectivity index (χ2v) is 6.45. The smallest absolute Gasteiger partial charge is 0.258 e. The van der Waals surface area contributed by atoms with Crippen LogP contribution in [0, 0.1) is 0 Å².